The Morgan fingerprint density at radius 2 is 2.17 bits per heavy atom. The van der Waals surface area contributed by atoms with E-state index in [1.54, 1.807) is 12.1 Å². The van der Waals surface area contributed by atoms with E-state index in [9.17, 15) is 10.1 Å². The van der Waals surface area contributed by atoms with Gasteiger partial charge in [-0.1, -0.05) is 17.7 Å². The molecule has 1 atom stereocenters. The number of benzene rings is 1. The Morgan fingerprint density at radius 3 is 2.83 bits per heavy atom. The van der Waals surface area contributed by atoms with Gasteiger partial charge in [0.1, 0.15) is 12.1 Å². The van der Waals surface area contributed by atoms with Crippen LogP contribution in [0.1, 0.15) is 18.4 Å². The number of nitrogens with one attached hydrogen (secondary N) is 1. The highest BCUT2D eigenvalue weighted by atomic mass is 16.6. The molecular formula is C16H18N4O4. The van der Waals surface area contributed by atoms with Gasteiger partial charge in [0.15, 0.2) is 0 Å². The first-order valence-corrected chi connectivity index (χ1v) is 7.73. The van der Waals surface area contributed by atoms with E-state index >= 15 is 0 Å². The molecule has 0 aliphatic carbocycles. The fourth-order valence-corrected chi connectivity index (χ4v) is 2.47. The van der Waals surface area contributed by atoms with Crippen molar-refractivity contribution in [2.24, 2.45) is 0 Å². The van der Waals surface area contributed by atoms with Crippen molar-refractivity contribution in [1.82, 2.24) is 9.97 Å². The molecule has 1 saturated heterocycles. The van der Waals surface area contributed by atoms with Gasteiger partial charge >= 0.3 is 11.6 Å². The molecule has 1 fully saturated rings. The van der Waals surface area contributed by atoms with Gasteiger partial charge in [-0.2, -0.15) is 4.98 Å². The number of nitrogens with zero attached hydrogens (tertiary/aromatic N) is 3. The zero-order valence-electron chi connectivity index (χ0n) is 13.3. The van der Waals surface area contributed by atoms with Gasteiger partial charge in [-0.15, -0.1) is 0 Å². The summed E-state index contributed by atoms with van der Waals surface area (Å²) in [5.41, 5.74) is 0.787. The molecule has 2 aromatic rings. The lowest BCUT2D eigenvalue weighted by molar-refractivity contribution is -0.385. The monoisotopic (exact) mass is 330 g/mol. The third-order valence-corrected chi connectivity index (χ3v) is 3.73. The molecule has 3 rings (SSSR count). The van der Waals surface area contributed by atoms with Crippen LogP contribution in [0.5, 0.6) is 11.6 Å². The van der Waals surface area contributed by atoms with Gasteiger partial charge < -0.3 is 14.8 Å². The van der Waals surface area contributed by atoms with Crippen molar-refractivity contribution in [2.45, 2.75) is 25.9 Å². The summed E-state index contributed by atoms with van der Waals surface area (Å²) in [6, 6.07) is 7.19. The van der Waals surface area contributed by atoms with Crippen LogP contribution in [0.2, 0.25) is 0 Å². The third kappa shape index (κ3) is 3.77. The van der Waals surface area contributed by atoms with Gasteiger partial charge in [0, 0.05) is 13.2 Å². The molecule has 1 N–H and O–H groups in total. The van der Waals surface area contributed by atoms with Crippen molar-refractivity contribution in [2.75, 3.05) is 18.5 Å². The fraction of sp³-hybridized carbons (Fsp3) is 0.375. The second-order valence-electron chi connectivity index (χ2n) is 5.56. The molecule has 0 spiro atoms. The lowest BCUT2D eigenvalue weighted by atomic mass is 10.2. The summed E-state index contributed by atoms with van der Waals surface area (Å²) in [7, 11) is 0. The number of ether oxygens (including phenoxy) is 2. The van der Waals surface area contributed by atoms with Crippen LogP contribution in [0, 0.1) is 17.0 Å². The molecule has 1 aliphatic heterocycles. The van der Waals surface area contributed by atoms with Gasteiger partial charge in [-0.3, -0.25) is 10.1 Å². The second-order valence-corrected chi connectivity index (χ2v) is 5.56. The van der Waals surface area contributed by atoms with E-state index in [1.165, 1.54) is 6.33 Å². The molecular weight excluding hydrogens is 312 g/mol. The average molecular weight is 330 g/mol. The van der Waals surface area contributed by atoms with Crippen LogP contribution in [0.15, 0.2) is 30.6 Å². The van der Waals surface area contributed by atoms with Crippen LogP contribution in [-0.2, 0) is 4.74 Å². The first kappa shape index (κ1) is 16.1. The summed E-state index contributed by atoms with van der Waals surface area (Å²) >= 11 is 0. The SMILES string of the molecule is Cc1ccc(Oc2ncnc(NCC3CCCO3)c2[N+](=O)[O-])cc1. The molecule has 2 heterocycles. The van der Waals surface area contributed by atoms with Gasteiger partial charge in [0.2, 0.25) is 5.82 Å². The maximum Gasteiger partial charge on any atom is 0.373 e. The molecule has 1 aromatic heterocycles. The van der Waals surface area contributed by atoms with Crippen molar-refractivity contribution in [1.29, 1.82) is 0 Å². The highest BCUT2D eigenvalue weighted by Gasteiger charge is 2.26. The zero-order chi connectivity index (χ0) is 16.9. The van der Waals surface area contributed by atoms with Gasteiger partial charge in [-0.05, 0) is 31.9 Å². The van der Waals surface area contributed by atoms with Crippen LogP contribution in [0.4, 0.5) is 11.5 Å². The Bertz CT molecular complexity index is 715. The summed E-state index contributed by atoms with van der Waals surface area (Å²) < 4.78 is 11.1. The molecule has 8 heteroatoms. The lowest BCUT2D eigenvalue weighted by Gasteiger charge is -2.12. The number of rotatable bonds is 6. The predicted octanol–water partition coefficient (Wildman–Crippen LogP) is 3.08. The topological polar surface area (TPSA) is 99.4 Å². The van der Waals surface area contributed by atoms with E-state index in [0.29, 0.717) is 12.3 Å². The first-order valence-electron chi connectivity index (χ1n) is 7.73. The van der Waals surface area contributed by atoms with Crippen LogP contribution in [0.25, 0.3) is 0 Å². The molecule has 1 aliphatic rings. The van der Waals surface area contributed by atoms with Gasteiger partial charge in [0.25, 0.3) is 0 Å². The molecule has 0 radical (unpaired) electrons. The molecule has 0 bridgehead atoms. The van der Waals surface area contributed by atoms with Crippen molar-refractivity contribution in [3.63, 3.8) is 0 Å². The van der Waals surface area contributed by atoms with E-state index < -0.39 is 4.92 Å². The van der Waals surface area contributed by atoms with Crippen LogP contribution >= 0.6 is 0 Å². The second kappa shape index (κ2) is 7.22. The third-order valence-electron chi connectivity index (χ3n) is 3.73. The summed E-state index contributed by atoms with van der Waals surface area (Å²) in [5, 5.41) is 14.4. The maximum atomic E-state index is 11.5. The molecule has 0 saturated carbocycles. The molecule has 126 valence electrons. The lowest BCUT2D eigenvalue weighted by Crippen LogP contribution is -2.19. The predicted molar refractivity (Wildman–Crippen MR) is 87.4 cm³/mol. The van der Waals surface area contributed by atoms with Gasteiger partial charge in [-0.25, -0.2) is 4.98 Å². The zero-order valence-corrected chi connectivity index (χ0v) is 13.3. The molecule has 24 heavy (non-hydrogen) atoms. The molecule has 1 unspecified atom stereocenters. The fourth-order valence-electron chi connectivity index (χ4n) is 2.47. The van der Waals surface area contributed by atoms with E-state index in [1.807, 2.05) is 19.1 Å². The van der Waals surface area contributed by atoms with E-state index in [-0.39, 0.29) is 23.5 Å². The smallest absolute Gasteiger partial charge is 0.373 e. The van der Waals surface area contributed by atoms with Crippen molar-refractivity contribution in [3.8, 4) is 11.6 Å². The first-order chi connectivity index (χ1) is 11.6. The molecule has 8 nitrogen and oxygen atoms in total. The van der Waals surface area contributed by atoms with Crippen LogP contribution in [0.3, 0.4) is 0 Å². The normalized spacial score (nSPS) is 16.8. The summed E-state index contributed by atoms with van der Waals surface area (Å²) in [5.74, 6) is 0.522. The minimum absolute atomic E-state index is 0.0426. The van der Waals surface area contributed by atoms with Crippen LogP contribution in [-0.4, -0.2) is 34.1 Å². The van der Waals surface area contributed by atoms with Crippen molar-refractivity contribution < 1.29 is 14.4 Å². The summed E-state index contributed by atoms with van der Waals surface area (Å²) in [6.45, 7) is 3.13. The minimum Gasteiger partial charge on any atom is -0.434 e. The Hall–Kier alpha value is -2.74. The quantitative estimate of drug-likeness (QED) is 0.641. The standard InChI is InChI=1S/C16H18N4O4/c1-11-4-6-12(7-5-11)24-16-14(20(21)22)15(18-10-19-16)17-9-13-3-2-8-23-13/h4-7,10,13H,2-3,8-9H2,1H3,(H,17,18,19). The summed E-state index contributed by atoms with van der Waals surface area (Å²) in [4.78, 5) is 18.8. The highest BCUT2D eigenvalue weighted by molar-refractivity contribution is 5.61. The van der Waals surface area contributed by atoms with Crippen LogP contribution < -0.4 is 10.1 Å². The van der Waals surface area contributed by atoms with Crippen molar-refractivity contribution in [3.05, 3.63) is 46.3 Å². The average Bonchev–Trinajstić information content (AvgIpc) is 3.08. The molecule has 1 aromatic carbocycles. The number of anilines is 1. The number of nitro groups is 1. The van der Waals surface area contributed by atoms with Gasteiger partial charge in [0.05, 0.1) is 11.0 Å². The highest BCUT2D eigenvalue weighted by Crippen LogP contribution is 2.34. The van der Waals surface area contributed by atoms with Crippen molar-refractivity contribution >= 4 is 11.5 Å². The largest absolute Gasteiger partial charge is 0.434 e. The summed E-state index contributed by atoms with van der Waals surface area (Å²) in [6.07, 6.45) is 3.22. The van der Waals surface area contributed by atoms with E-state index in [2.05, 4.69) is 15.3 Å². The number of aromatic nitrogens is 2. The number of aryl methyl sites for hydroxylation is 1. The van der Waals surface area contributed by atoms with E-state index in [4.69, 9.17) is 9.47 Å². The minimum atomic E-state index is -0.540. The Kier molecular flexibility index (Phi) is 4.85. The Balaban J connectivity index is 1.81. The molecule has 0 amide bonds. The number of hydrogen-bond donors (Lipinski definition) is 1. The Labute approximate surface area is 139 Å². The maximum absolute atomic E-state index is 11.5. The number of hydrogen-bond acceptors (Lipinski definition) is 7. The van der Waals surface area contributed by atoms with E-state index in [0.717, 1.165) is 25.0 Å². The Morgan fingerprint density at radius 1 is 1.38 bits per heavy atom.